The molecule has 0 unspecified atom stereocenters. The van der Waals surface area contributed by atoms with Gasteiger partial charge in [0, 0.05) is 23.3 Å². The Morgan fingerprint density at radius 2 is 1.69 bits per heavy atom. The molecular weight excluding hydrogens is 520 g/mol. The maximum atomic E-state index is 12.8. The van der Waals surface area contributed by atoms with Gasteiger partial charge in [-0.15, -0.1) is 0 Å². The van der Waals surface area contributed by atoms with Gasteiger partial charge in [-0.1, -0.05) is 6.08 Å². The third-order valence-corrected chi connectivity index (χ3v) is 6.22. The Balaban J connectivity index is 1.65. The Kier molecular flexibility index (Phi) is 7.70. The molecular formula is C26H26O13. The number of phenols is 3. The van der Waals surface area contributed by atoms with E-state index in [4.69, 9.17) is 18.6 Å². The average molecular weight is 546 g/mol. The molecule has 0 amide bonds. The van der Waals surface area contributed by atoms with Crippen LogP contribution in [0.2, 0.25) is 0 Å². The SMILES string of the molecule is C/C=C(\C)C(=O)OC[C@H]1O[C@@H](Oc2cc(O)c3c(=O)c(O)c(-c4ccc(O)c(O)c4)oc3c2)[C@H](O)[C@@H](O)[C@@H]1O. The summed E-state index contributed by atoms with van der Waals surface area (Å²) in [7, 11) is 0. The van der Waals surface area contributed by atoms with E-state index in [0.29, 0.717) is 5.57 Å². The molecule has 4 rings (SSSR count). The molecule has 0 aliphatic carbocycles. The highest BCUT2D eigenvalue weighted by Gasteiger charge is 2.45. The summed E-state index contributed by atoms with van der Waals surface area (Å²) in [6.45, 7) is 2.67. The number of aromatic hydroxyl groups is 4. The van der Waals surface area contributed by atoms with Crippen LogP contribution in [0.1, 0.15) is 13.8 Å². The Labute approximate surface area is 220 Å². The lowest BCUT2D eigenvalue weighted by Crippen LogP contribution is -2.60. The number of allylic oxidation sites excluding steroid dienone is 1. The molecule has 1 aromatic heterocycles. The highest BCUT2D eigenvalue weighted by molar-refractivity contribution is 5.88. The van der Waals surface area contributed by atoms with Crippen molar-refractivity contribution in [2.75, 3.05) is 6.61 Å². The highest BCUT2D eigenvalue weighted by atomic mass is 16.7. The molecule has 13 nitrogen and oxygen atoms in total. The molecule has 5 atom stereocenters. The van der Waals surface area contributed by atoms with E-state index in [0.717, 1.165) is 24.3 Å². The van der Waals surface area contributed by atoms with Gasteiger partial charge in [-0.05, 0) is 32.0 Å². The van der Waals surface area contributed by atoms with Crippen LogP contribution in [0.3, 0.4) is 0 Å². The van der Waals surface area contributed by atoms with Crippen molar-refractivity contribution in [2.45, 2.75) is 44.6 Å². The highest BCUT2D eigenvalue weighted by Crippen LogP contribution is 2.38. The normalized spacial score (nSPS) is 23.5. The van der Waals surface area contributed by atoms with Crippen LogP contribution in [-0.4, -0.2) is 79.0 Å². The fourth-order valence-electron chi connectivity index (χ4n) is 3.87. The largest absolute Gasteiger partial charge is 0.507 e. The predicted molar refractivity (Wildman–Crippen MR) is 132 cm³/mol. The van der Waals surface area contributed by atoms with E-state index in [-0.39, 0.29) is 22.7 Å². The number of aliphatic hydroxyl groups excluding tert-OH is 3. The van der Waals surface area contributed by atoms with Gasteiger partial charge in [0.15, 0.2) is 17.3 Å². The number of esters is 1. The summed E-state index contributed by atoms with van der Waals surface area (Å²) in [6, 6.07) is 5.53. The van der Waals surface area contributed by atoms with Crippen LogP contribution < -0.4 is 10.2 Å². The minimum atomic E-state index is -1.77. The Hall–Kier alpha value is -4.30. The Bertz CT molecular complexity index is 1490. The van der Waals surface area contributed by atoms with Crippen LogP contribution in [0, 0.1) is 0 Å². The zero-order valence-corrected chi connectivity index (χ0v) is 20.6. The van der Waals surface area contributed by atoms with Crippen molar-refractivity contribution in [3.63, 3.8) is 0 Å². The summed E-state index contributed by atoms with van der Waals surface area (Å²) in [6.07, 6.45) is -6.56. The lowest BCUT2D eigenvalue weighted by atomic mass is 9.99. The monoisotopic (exact) mass is 546 g/mol. The molecule has 2 heterocycles. The van der Waals surface area contributed by atoms with Crippen LogP contribution >= 0.6 is 0 Å². The van der Waals surface area contributed by atoms with Gasteiger partial charge in [0.2, 0.25) is 17.5 Å². The third-order valence-electron chi connectivity index (χ3n) is 6.22. The second kappa shape index (κ2) is 10.8. The standard InChI is InChI=1S/C26H26O13/c1-3-10(2)25(35)36-9-17-19(30)21(32)23(34)26(39-17)37-12-7-15(29)18-16(8-12)38-24(22(33)20(18)31)11-4-5-13(27)14(28)6-11/h3-8,17,19,21,23,26-30,32-34H,9H2,1-2H3/b10-3+/t17-,19-,21+,23-,26-/m1/s1. The molecule has 1 aliphatic rings. The summed E-state index contributed by atoms with van der Waals surface area (Å²) in [5, 5.41) is 70.8. The molecule has 0 radical (unpaired) electrons. The molecule has 0 spiro atoms. The fraction of sp³-hybridized carbons (Fsp3) is 0.308. The van der Waals surface area contributed by atoms with Crippen molar-refractivity contribution < 1.29 is 59.2 Å². The first-order chi connectivity index (χ1) is 18.4. The van der Waals surface area contributed by atoms with Crippen LogP contribution in [0.4, 0.5) is 0 Å². The molecule has 39 heavy (non-hydrogen) atoms. The van der Waals surface area contributed by atoms with Crippen LogP contribution in [0.25, 0.3) is 22.3 Å². The number of aliphatic hydroxyl groups is 3. The van der Waals surface area contributed by atoms with Crippen molar-refractivity contribution in [3.8, 4) is 40.1 Å². The number of ether oxygens (including phenoxy) is 3. The number of carbonyl (C=O) groups excluding carboxylic acids is 1. The van der Waals surface area contributed by atoms with Crippen molar-refractivity contribution in [3.05, 3.63) is 52.2 Å². The molecule has 0 bridgehead atoms. The molecule has 7 N–H and O–H groups in total. The summed E-state index contributed by atoms with van der Waals surface area (Å²) in [5.74, 6) is -3.79. The number of phenolic OH excluding ortho intramolecular Hbond substituents is 3. The summed E-state index contributed by atoms with van der Waals surface area (Å²) < 4.78 is 21.8. The Morgan fingerprint density at radius 3 is 2.36 bits per heavy atom. The molecule has 1 aliphatic heterocycles. The quantitative estimate of drug-likeness (QED) is 0.130. The first-order valence-corrected chi connectivity index (χ1v) is 11.6. The second-order valence-corrected chi connectivity index (χ2v) is 8.83. The fourth-order valence-corrected chi connectivity index (χ4v) is 3.87. The minimum absolute atomic E-state index is 0.0290. The van der Waals surface area contributed by atoms with Gasteiger partial charge < -0.3 is 54.4 Å². The number of hydrogen-bond acceptors (Lipinski definition) is 13. The van der Waals surface area contributed by atoms with Crippen LogP contribution in [0.15, 0.2) is 51.2 Å². The number of carbonyl (C=O) groups is 1. The van der Waals surface area contributed by atoms with Crippen molar-refractivity contribution in [1.82, 2.24) is 0 Å². The number of benzene rings is 2. The third kappa shape index (κ3) is 5.33. The lowest BCUT2D eigenvalue weighted by Gasteiger charge is -2.39. The molecule has 1 fully saturated rings. The van der Waals surface area contributed by atoms with Crippen LogP contribution in [0.5, 0.6) is 28.7 Å². The first-order valence-electron chi connectivity index (χ1n) is 11.6. The molecule has 13 heteroatoms. The predicted octanol–water partition coefficient (Wildman–Crippen LogP) is 0.978. The van der Waals surface area contributed by atoms with E-state index in [9.17, 15) is 45.3 Å². The molecule has 208 valence electrons. The average Bonchev–Trinajstić information content (AvgIpc) is 2.90. The van der Waals surface area contributed by atoms with Gasteiger partial charge in [-0.25, -0.2) is 4.79 Å². The van der Waals surface area contributed by atoms with E-state index < -0.39 is 77.1 Å². The molecule has 3 aromatic rings. The van der Waals surface area contributed by atoms with Crippen molar-refractivity contribution in [2.24, 2.45) is 0 Å². The maximum Gasteiger partial charge on any atom is 0.333 e. The zero-order chi connectivity index (χ0) is 28.6. The van der Waals surface area contributed by atoms with E-state index in [2.05, 4.69) is 0 Å². The van der Waals surface area contributed by atoms with E-state index in [1.165, 1.54) is 19.1 Å². The topological polar surface area (TPSA) is 217 Å². The molecule has 2 aromatic carbocycles. The van der Waals surface area contributed by atoms with Gasteiger partial charge in [0.05, 0.1) is 0 Å². The second-order valence-electron chi connectivity index (χ2n) is 8.83. The van der Waals surface area contributed by atoms with E-state index in [1.54, 1.807) is 6.92 Å². The van der Waals surface area contributed by atoms with Gasteiger partial charge in [-0.2, -0.15) is 0 Å². The van der Waals surface area contributed by atoms with Crippen molar-refractivity contribution >= 4 is 16.9 Å². The number of rotatable bonds is 6. The van der Waals surface area contributed by atoms with Gasteiger partial charge >= 0.3 is 5.97 Å². The van der Waals surface area contributed by atoms with E-state index >= 15 is 0 Å². The molecule has 0 saturated carbocycles. The van der Waals surface area contributed by atoms with Gasteiger partial charge in [-0.3, -0.25) is 4.79 Å². The minimum Gasteiger partial charge on any atom is -0.507 e. The zero-order valence-electron chi connectivity index (χ0n) is 20.6. The molecule has 1 saturated heterocycles. The summed E-state index contributed by atoms with van der Waals surface area (Å²) in [4.78, 5) is 24.7. The van der Waals surface area contributed by atoms with Crippen LogP contribution in [-0.2, 0) is 14.3 Å². The Morgan fingerprint density at radius 1 is 0.974 bits per heavy atom. The van der Waals surface area contributed by atoms with Gasteiger partial charge in [0.25, 0.3) is 0 Å². The van der Waals surface area contributed by atoms with Gasteiger partial charge in [0.1, 0.15) is 53.5 Å². The first kappa shape index (κ1) is 27.7. The lowest BCUT2D eigenvalue weighted by molar-refractivity contribution is -0.278. The summed E-state index contributed by atoms with van der Waals surface area (Å²) in [5.41, 5.74) is -0.946. The number of hydrogen-bond donors (Lipinski definition) is 7. The van der Waals surface area contributed by atoms with E-state index in [1.807, 2.05) is 0 Å². The smallest absolute Gasteiger partial charge is 0.333 e. The number of fused-ring (bicyclic) bond motifs is 1. The summed E-state index contributed by atoms with van der Waals surface area (Å²) >= 11 is 0. The maximum absolute atomic E-state index is 12.8. The van der Waals surface area contributed by atoms with Crippen molar-refractivity contribution in [1.29, 1.82) is 0 Å².